The summed E-state index contributed by atoms with van der Waals surface area (Å²) in [6.45, 7) is 3.02. The molecule has 1 aliphatic heterocycles. The van der Waals surface area contributed by atoms with Crippen molar-refractivity contribution in [2.24, 2.45) is 0 Å². The van der Waals surface area contributed by atoms with E-state index in [0.717, 1.165) is 24.4 Å². The van der Waals surface area contributed by atoms with Gasteiger partial charge in [-0.2, -0.15) is 0 Å². The van der Waals surface area contributed by atoms with Gasteiger partial charge in [0.05, 0.1) is 19.3 Å². The third-order valence-corrected chi connectivity index (χ3v) is 4.44. The minimum absolute atomic E-state index is 0.0355. The van der Waals surface area contributed by atoms with E-state index in [0.29, 0.717) is 35.4 Å². The summed E-state index contributed by atoms with van der Waals surface area (Å²) in [5.74, 6) is 0.832. The topological polar surface area (TPSA) is 90.3 Å². The predicted octanol–water partition coefficient (Wildman–Crippen LogP) is 1.33. The molecule has 0 aliphatic carbocycles. The summed E-state index contributed by atoms with van der Waals surface area (Å²) >= 11 is 1.13. The molecular formula is C14H17N5O3S. The molecule has 1 amide bonds. The van der Waals surface area contributed by atoms with Crippen molar-refractivity contribution < 1.29 is 14.3 Å². The highest BCUT2D eigenvalue weighted by Gasteiger charge is 2.28. The van der Waals surface area contributed by atoms with Gasteiger partial charge < -0.3 is 14.4 Å². The summed E-state index contributed by atoms with van der Waals surface area (Å²) in [5.41, 5.74) is 0.670. The quantitative estimate of drug-likeness (QED) is 0.832. The zero-order valence-electron chi connectivity index (χ0n) is 12.9. The summed E-state index contributed by atoms with van der Waals surface area (Å²) in [6.07, 6.45) is 1.65. The molecule has 0 bridgehead atoms. The van der Waals surface area contributed by atoms with Crippen molar-refractivity contribution in [3.05, 3.63) is 22.7 Å². The number of likely N-dealkylation sites (tertiary alicyclic amines) is 1. The van der Waals surface area contributed by atoms with Crippen molar-refractivity contribution >= 4 is 17.4 Å². The molecule has 0 spiro atoms. The third kappa shape index (κ3) is 3.55. The second-order valence-corrected chi connectivity index (χ2v) is 5.99. The number of rotatable bonds is 4. The standard InChI is InChI=1S/C14H17N5O3S/c1-9-13(23-18-15-9)14(20)19-7-3-4-10(8-19)22-12-6-5-11(21-2)16-17-12/h5-6,10H,3-4,7-8H2,1-2H3. The summed E-state index contributed by atoms with van der Waals surface area (Å²) < 4.78 is 14.6. The van der Waals surface area contributed by atoms with Crippen LogP contribution in [0.15, 0.2) is 12.1 Å². The molecule has 0 radical (unpaired) electrons. The van der Waals surface area contributed by atoms with Crippen molar-refractivity contribution in [1.82, 2.24) is 24.7 Å². The first kappa shape index (κ1) is 15.6. The van der Waals surface area contributed by atoms with Gasteiger partial charge in [0, 0.05) is 18.7 Å². The Kier molecular flexibility index (Phi) is 4.65. The summed E-state index contributed by atoms with van der Waals surface area (Å²) in [5, 5.41) is 11.7. The number of hydrogen-bond donors (Lipinski definition) is 0. The fourth-order valence-corrected chi connectivity index (χ4v) is 3.07. The Bertz CT molecular complexity index is 675. The highest BCUT2D eigenvalue weighted by atomic mass is 32.1. The van der Waals surface area contributed by atoms with Crippen LogP contribution in [-0.4, -0.2) is 56.9 Å². The lowest BCUT2D eigenvalue weighted by Gasteiger charge is -2.32. The number of nitrogens with zero attached hydrogens (tertiary/aromatic N) is 5. The van der Waals surface area contributed by atoms with Gasteiger partial charge in [-0.05, 0) is 31.3 Å². The van der Waals surface area contributed by atoms with Crippen molar-refractivity contribution in [2.75, 3.05) is 20.2 Å². The summed E-state index contributed by atoms with van der Waals surface area (Å²) in [6, 6.07) is 3.41. The molecule has 1 saturated heterocycles. The van der Waals surface area contributed by atoms with E-state index in [-0.39, 0.29) is 12.0 Å². The minimum atomic E-state index is -0.100. The maximum atomic E-state index is 12.5. The lowest BCUT2D eigenvalue weighted by molar-refractivity contribution is 0.0528. The van der Waals surface area contributed by atoms with Gasteiger partial charge >= 0.3 is 0 Å². The molecule has 3 rings (SSSR count). The minimum Gasteiger partial charge on any atom is -0.480 e. The monoisotopic (exact) mass is 335 g/mol. The Labute approximate surface area is 137 Å². The van der Waals surface area contributed by atoms with Crippen molar-refractivity contribution in [2.45, 2.75) is 25.9 Å². The zero-order valence-corrected chi connectivity index (χ0v) is 13.7. The van der Waals surface area contributed by atoms with E-state index < -0.39 is 0 Å². The molecule has 8 nitrogen and oxygen atoms in total. The number of amides is 1. The van der Waals surface area contributed by atoms with Crippen LogP contribution in [0.1, 0.15) is 28.2 Å². The van der Waals surface area contributed by atoms with E-state index in [1.807, 2.05) is 0 Å². The Morgan fingerprint density at radius 1 is 1.30 bits per heavy atom. The number of hydrogen-bond acceptors (Lipinski definition) is 8. The average molecular weight is 335 g/mol. The maximum Gasteiger partial charge on any atom is 0.267 e. The molecule has 3 heterocycles. The molecule has 1 aliphatic rings. The van der Waals surface area contributed by atoms with Gasteiger partial charge in [0.2, 0.25) is 11.8 Å². The number of ether oxygens (including phenoxy) is 2. The fraction of sp³-hybridized carbons (Fsp3) is 0.500. The number of aryl methyl sites for hydroxylation is 1. The molecule has 23 heavy (non-hydrogen) atoms. The number of piperidine rings is 1. The maximum absolute atomic E-state index is 12.5. The highest BCUT2D eigenvalue weighted by Crippen LogP contribution is 2.20. The van der Waals surface area contributed by atoms with E-state index in [1.54, 1.807) is 24.0 Å². The first-order chi connectivity index (χ1) is 11.2. The van der Waals surface area contributed by atoms with Crippen LogP contribution in [0, 0.1) is 6.92 Å². The molecule has 0 aromatic carbocycles. The summed E-state index contributed by atoms with van der Waals surface area (Å²) in [7, 11) is 1.53. The number of aromatic nitrogens is 4. The van der Waals surface area contributed by atoms with Crippen molar-refractivity contribution in [3.8, 4) is 11.8 Å². The molecule has 1 atom stereocenters. The Morgan fingerprint density at radius 2 is 2.09 bits per heavy atom. The molecule has 1 unspecified atom stereocenters. The van der Waals surface area contributed by atoms with E-state index >= 15 is 0 Å². The molecule has 0 saturated carbocycles. The van der Waals surface area contributed by atoms with Gasteiger partial charge in [-0.3, -0.25) is 4.79 Å². The number of carbonyl (C=O) groups is 1. The molecular weight excluding hydrogens is 318 g/mol. The SMILES string of the molecule is COc1ccc(OC2CCCN(C(=O)c3snnc3C)C2)nn1. The fourth-order valence-electron chi connectivity index (χ4n) is 2.44. The molecule has 122 valence electrons. The van der Waals surface area contributed by atoms with Crippen LogP contribution in [-0.2, 0) is 0 Å². The van der Waals surface area contributed by atoms with Crippen LogP contribution in [0.2, 0.25) is 0 Å². The second-order valence-electron chi connectivity index (χ2n) is 5.23. The third-order valence-electron chi connectivity index (χ3n) is 3.62. The molecule has 2 aromatic heterocycles. The van der Waals surface area contributed by atoms with Crippen LogP contribution in [0.3, 0.4) is 0 Å². The summed E-state index contributed by atoms with van der Waals surface area (Å²) in [4.78, 5) is 14.9. The van der Waals surface area contributed by atoms with Crippen molar-refractivity contribution in [3.63, 3.8) is 0 Å². The predicted molar refractivity (Wildman–Crippen MR) is 82.8 cm³/mol. The second kappa shape index (κ2) is 6.86. The van der Waals surface area contributed by atoms with Crippen molar-refractivity contribution in [1.29, 1.82) is 0 Å². The number of carbonyl (C=O) groups excluding carboxylic acids is 1. The average Bonchev–Trinajstić information content (AvgIpc) is 3.01. The largest absolute Gasteiger partial charge is 0.480 e. The van der Waals surface area contributed by atoms with Gasteiger partial charge in [0.25, 0.3) is 5.91 Å². The normalized spacial score (nSPS) is 17.8. The first-order valence-corrected chi connectivity index (χ1v) is 8.07. The highest BCUT2D eigenvalue weighted by molar-refractivity contribution is 7.07. The first-order valence-electron chi connectivity index (χ1n) is 7.30. The van der Waals surface area contributed by atoms with Gasteiger partial charge in [-0.15, -0.1) is 15.3 Å². The van der Waals surface area contributed by atoms with Gasteiger partial charge in [-0.1, -0.05) is 4.49 Å². The lowest BCUT2D eigenvalue weighted by atomic mass is 10.1. The van der Waals surface area contributed by atoms with Crippen LogP contribution in [0.5, 0.6) is 11.8 Å². The Balaban J connectivity index is 1.63. The van der Waals surface area contributed by atoms with Crippen LogP contribution >= 0.6 is 11.5 Å². The van der Waals surface area contributed by atoms with E-state index in [2.05, 4.69) is 19.8 Å². The van der Waals surface area contributed by atoms with Gasteiger partial charge in [-0.25, -0.2) is 0 Å². The van der Waals surface area contributed by atoms with Crippen LogP contribution in [0.25, 0.3) is 0 Å². The molecule has 2 aromatic rings. The zero-order chi connectivity index (χ0) is 16.2. The van der Waals surface area contributed by atoms with Gasteiger partial charge in [0.15, 0.2) is 0 Å². The Morgan fingerprint density at radius 3 is 2.74 bits per heavy atom. The lowest BCUT2D eigenvalue weighted by Crippen LogP contribution is -2.44. The van der Waals surface area contributed by atoms with E-state index in [1.165, 1.54) is 7.11 Å². The van der Waals surface area contributed by atoms with Crippen LogP contribution in [0.4, 0.5) is 0 Å². The van der Waals surface area contributed by atoms with E-state index in [4.69, 9.17) is 9.47 Å². The molecule has 9 heteroatoms. The molecule has 0 N–H and O–H groups in total. The molecule has 1 fully saturated rings. The number of methoxy groups -OCH3 is 1. The van der Waals surface area contributed by atoms with Gasteiger partial charge in [0.1, 0.15) is 11.0 Å². The Hall–Kier alpha value is -2.29. The van der Waals surface area contributed by atoms with Crippen LogP contribution < -0.4 is 9.47 Å². The smallest absolute Gasteiger partial charge is 0.267 e. The van der Waals surface area contributed by atoms with E-state index in [9.17, 15) is 4.79 Å².